The number of nitrogens with zero attached hydrogens (tertiary/aromatic N) is 1. The van der Waals surface area contributed by atoms with Gasteiger partial charge in [-0.3, -0.25) is 9.59 Å². The maximum absolute atomic E-state index is 11.8. The molecule has 0 aromatic heterocycles. The Bertz CT molecular complexity index is 605. The van der Waals surface area contributed by atoms with Gasteiger partial charge in [0.1, 0.15) is 0 Å². The van der Waals surface area contributed by atoms with Gasteiger partial charge in [0.05, 0.1) is 22.4 Å². The first-order chi connectivity index (χ1) is 9.61. The second-order valence-corrected chi connectivity index (χ2v) is 5.31. The molecule has 1 unspecified atom stereocenters. The van der Waals surface area contributed by atoms with Crippen LogP contribution in [0.1, 0.15) is 17.9 Å². The molecule has 0 bridgehead atoms. The molecule has 6 heteroatoms. The molecule has 0 spiro atoms. The highest BCUT2D eigenvalue weighted by molar-refractivity contribution is 8.03. The van der Waals surface area contributed by atoms with Crippen LogP contribution in [0.3, 0.4) is 0 Å². The zero-order chi connectivity index (χ0) is 14.5. The van der Waals surface area contributed by atoms with Crippen LogP contribution in [0.25, 0.3) is 0 Å². The Kier molecular flexibility index (Phi) is 4.43. The summed E-state index contributed by atoms with van der Waals surface area (Å²) >= 11 is 1.09. The number of nitrogens with two attached hydrogens (primary N) is 1. The smallest absolute Gasteiger partial charge is 0.227 e. The zero-order valence-corrected chi connectivity index (χ0v) is 11.4. The average molecular weight is 287 g/mol. The highest BCUT2D eigenvalue weighted by Crippen LogP contribution is 2.35. The van der Waals surface area contributed by atoms with Gasteiger partial charge >= 0.3 is 0 Å². The number of amides is 2. The highest BCUT2D eigenvalue weighted by Gasteiger charge is 2.29. The van der Waals surface area contributed by atoms with E-state index < -0.39 is 5.91 Å². The van der Waals surface area contributed by atoms with E-state index in [2.05, 4.69) is 11.4 Å². The molecule has 0 radical (unpaired) electrons. The van der Waals surface area contributed by atoms with Crippen LogP contribution in [0.15, 0.2) is 40.9 Å². The lowest BCUT2D eigenvalue weighted by Gasteiger charge is -2.24. The largest absolute Gasteiger partial charge is 0.369 e. The standard InChI is InChI=1S/C14H13N3O2S/c15-7-11-10(9-4-2-1-3-5-9)6-13(19)17-14(11)20-8-12(16)18/h1-5,10H,6,8H2,(H2,16,18)(H,17,19). The fourth-order valence-electron chi connectivity index (χ4n) is 2.05. The van der Waals surface area contributed by atoms with Gasteiger partial charge < -0.3 is 11.1 Å². The summed E-state index contributed by atoms with van der Waals surface area (Å²) in [5.74, 6) is -0.895. The highest BCUT2D eigenvalue weighted by atomic mass is 32.2. The van der Waals surface area contributed by atoms with E-state index >= 15 is 0 Å². The van der Waals surface area contributed by atoms with Gasteiger partial charge in [-0.1, -0.05) is 42.1 Å². The minimum absolute atomic E-state index is 0.0301. The van der Waals surface area contributed by atoms with E-state index in [4.69, 9.17) is 5.73 Å². The Morgan fingerprint density at radius 1 is 1.45 bits per heavy atom. The fourth-order valence-corrected chi connectivity index (χ4v) is 2.86. The lowest BCUT2D eigenvalue weighted by Crippen LogP contribution is -2.31. The molecular formula is C14H13N3O2S. The summed E-state index contributed by atoms with van der Waals surface area (Å²) in [7, 11) is 0. The zero-order valence-electron chi connectivity index (χ0n) is 10.6. The van der Waals surface area contributed by atoms with E-state index in [-0.39, 0.29) is 24.0 Å². The van der Waals surface area contributed by atoms with Crippen molar-refractivity contribution in [3.05, 3.63) is 46.5 Å². The minimum atomic E-state index is -0.490. The van der Waals surface area contributed by atoms with Crippen molar-refractivity contribution >= 4 is 23.6 Å². The molecular weight excluding hydrogens is 274 g/mol. The molecule has 0 saturated carbocycles. The monoisotopic (exact) mass is 287 g/mol. The van der Waals surface area contributed by atoms with E-state index in [0.717, 1.165) is 17.3 Å². The summed E-state index contributed by atoms with van der Waals surface area (Å²) in [5, 5.41) is 12.4. The Balaban J connectivity index is 2.36. The third-order valence-electron chi connectivity index (χ3n) is 2.92. The molecule has 3 N–H and O–H groups in total. The number of primary amides is 1. The Morgan fingerprint density at radius 3 is 2.75 bits per heavy atom. The molecule has 0 saturated heterocycles. The molecule has 1 aromatic carbocycles. The summed E-state index contributed by atoms with van der Waals surface area (Å²) < 4.78 is 0. The molecule has 1 aliphatic heterocycles. The van der Waals surface area contributed by atoms with Crippen molar-refractivity contribution in [2.75, 3.05) is 5.75 Å². The number of nitrogens with one attached hydrogen (secondary N) is 1. The van der Waals surface area contributed by atoms with E-state index in [1.165, 1.54) is 0 Å². The summed E-state index contributed by atoms with van der Waals surface area (Å²) in [6, 6.07) is 11.5. The van der Waals surface area contributed by atoms with Crippen molar-refractivity contribution in [1.82, 2.24) is 5.32 Å². The molecule has 2 amide bonds. The van der Waals surface area contributed by atoms with Gasteiger partial charge in [0.15, 0.2) is 0 Å². The van der Waals surface area contributed by atoms with E-state index in [9.17, 15) is 14.9 Å². The van der Waals surface area contributed by atoms with Crippen molar-refractivity contribution in [3.63, 3.8) is 0 Å². The third kappa shape index (κ3) is 3.19. The van der Waals surface area contributed by atoms with Crippen molar-refractivity contribution < 1.29 is 9.59 Å². The number of allylic oxidation sites excluding steroid dienone is 1. The summed E-state index contributed by atoms with van der Waals surface area (Å²) in [6.45, 7) is 0. The van der Waals surface area contributed by atoms with Gasteiger partial charge in [0.25, 0.3) is 0 Å². The fraction of sp³-hybridized carbons (Fsp3) is 0.214. The Hall–Kier alpha value is -2.26. The topological polar surface area (TPSA) is 96.0 Å². The quantitative estimate of drug-likeness (QED) is 0.871. The van der Waals surface area contributed by atoms with Crippen LogP contribution in [0.5, 0.6) is 0 Å². The molecule has 20 heavy (non-hydrogen) atoms. The van der Waals surface area contributed by atoms with Crippen LogP contribution in [-0.4, -0.2) is 17.6 Å². The van der Waals surface area contributed by atoms with Crippen molar-refractivity contribution in [3.8, 4) is 6.07 Å². The lowest BCUT2D eigenvalue weighted by atomic mass is 9.87. The van der Waals surface area contributed by atoms with Gasteiger partial charge in [-0.25, -0.2) is 0 Å². The van der Waals surface area contributed by atoms with Gasteiger partial charge in [0, 0.05) is 12.3 Å². The number of rotatable bonds is 4. The predicted molar refractivity (Wildman–Crippen MR) is 76.2 cm³/mol. The van der Waals surface area contributed by atoms with Crippen molar-refractivity contribution in [2.24, 2.45) is 5.73 Å². The van der Waals surface area contributed by atoms with Gasteiger partial charge in [-0.2, -0.15) is 5.26 Å². The van der Waals surface area contributed by atoms with Gasteiger partial charge in [0.2, 0.25) is 11.8 Å². The number of nitriles is 1. The third-order valence-corrected chi connectivity index (χ3v) is 3.96. The number of hydrogen-bond acceptors (Lipinski definition) is 4. The SMILES string of the molecule is N#CC1=C(SCC(N)=O)NC(=O)CC1c1ccccc1. The number of carbonyl (C=O) groups is 2. The summed E-state index contributed by atoms with van der Waals surface area (Å²) in [4.78, 5) is 22.6. The minimum Gasteiger partial charge on any atom is -0.369 e. The first-order valence-electron chi connectivity index (χ1n) is 6.02. The van der Waals surface area contributed by atoms with Crippen molar-refractivity contribution in [2.45, 2.75) is 12.3 Å². The first-order valence-corrected chi connectivity index (χ1v) is 7.00. The molecule has 2 rings (SSSR count). The van der Waals surface area contributed by atoms with Crippen LogP contribution >= 0.6 is 11.8 Å². The molecule has 0 aliphatic carbocycles. The van der Waals surface area contributed by atoms with Crippen molar-refractivity contribution in [1.29, 1.82) is 5.26 Å². The normalized spacial score (nSPS) is 18.4. The predicted octanol–water partition coefficient (Wildman–Crippen LogP) is 1.24. The second kappa shape index (κ2) is 6.26. The summed E-state index contributed by atoms with van der Waals surface area (Å²) in [6.07, 6.45) is 0.230. The van der Waals surface area contributed by atoms with E-state index in [1.54, 1.807) is 0 Å². The van der Waals surface area contributed by atoms with Crippen LogP contribution in [0.2, 0.25) is 0 Å². The van der Waals surface area contributed by atoms with Crippen LogP contribution in [-0.2, 0) is 9.59 Å². The Labute approximate surface area is 120 Å². The first kappa shape index (κ1) is 14.2. The average Bonchev–Trinajstić information content (AvgIpc) is 2.45. The second-order valence-electron chi connectivity index (χ2n) is 4.33. The molecule has 1 aromatic rings. The molecule has 1 atom stereocenters. The van der Waals surface area contributed by atoms with E-state index in [0.29, 0.717) is 10.6 Å². The molecule has 5 nitrogen and oxygen atoms in total. The van der Waals surface area contributed by atoms with Crippen LogP contribution in [0, 0.1) is 11.3 Å². The number of benzene rings is 1. The maximum Gasteiger partial charge on any atom is 0.227 e. The number of hydrogen-bond donors (Lipinski definition) is 2. The van der Waals surface area contributed by atoms with E-state index in [1.807, 2.05) is 30.3 Å². The summed E-state index contributed by atoms with van der Waals surface area (Å²) in [5.41, 5.74) is 6.49. The molecule has 102 valence electrons. The molecule has 1 aliphatic rings. The molecule has 1 heterocycles. The van der Waals surface area contributed by atoms with Crippen LogP contribution in [0.4, 0.5) is 0 Å². The number of thioether (sulfide) groups is 1. The van der Waals surface area contributed by atoms with Crippen LogP contribution < -0.4 is 11.1 Å². The number of carbonyl (C=O) groups excluding carboxylic acids is 2. The van der Waals surface area contributed by atoms with Gasteiger partial charge in [-0.15, -0.1) is 0 Å². The lowest BCUT2D eigenvalue weighted by molar-refractivity contribution is -0.121. The molecule has 0 fully saturated rings. The van der Waals surface area contributed by atoms with Gasteiger partial charge in [-0.05, 0) is 5.56 Å². The Morgan fingerprint density at radius 2 is 2.15 bits per heavy atom. The maximum atomic E-state index is 11.8.